The first-order valence-corrected chi connectivity index (χ1v) is 24.1. The van der Waals surface area contributed by atoms with E-state index in [4.69, 9.17) is 9.97 Å². The molecular weight excluding hydrogens is 797 g/mol. The van der Waals surface area contributed by atoms with Gasteiger partial charge in [-0.15, -0.1) is 0 Å². The highest BCUT2D eigenvalue weighted by atomic mass is 14.9. The molecule has 2 nitrogen and oxygen atoms in total. The van der Waals surface area contributed by atoms with E-state index in [1.807, 2.05) is 12.4 Å². The standard InChI is InChI=1S/C64H76N2/c1-59(2,3)47-28-19-41(20-29-47)45-27-36-51(52(37-45)46-39-65-58(66-40-46)64(16,17)18)54-38-53(42-21-30-48(31-22-42)60(4,5)6)57(63(13,14)15)56(44-25-34-50(35-26-44)62(10,11)12)55(54)43-23-32-49(33-24-43)61(7,8)9/h19-40H,1-18H3. The van der Waals surface area contributed by atoms with Gasteiger partial charge in [0.2, 0.25) is 0 Å². The second kappa shape index (κ2) is 17.2. The van der Waals surface area contributed by atoms with Crippen molar-refractivity contribution in [2.75, 3.05) is 0 Å². The van der Waals surface area contributed by atoms with Crippen molar-refractivity contribution in [1.82, 2.24) is 9.97 Å². The van der Waals surface area contributed by atoms with Gasteiger partial charge < -0.3 is 0 Å². The molecule has 66 heavy (non-hydrogen) atoms. The first kappa shape index (κ1) is 48.3. The van der Waals surface area contributed by atoms with Gasteiger partial charge >= 0.3 is 0 Å². The van der Waals surface area contributed by atoms with E-state index >= 15 is 0 Å². The van der Waals surface area contributed by atoms with Crippen LogP contribution in [0, 0.1) is 0 Å². The van der Waals surface area contributed by atoms with Crippen molar-refractivity contribution >= 4 is 0 Å². The summed E-state index contributed by atoms with van der Waals surface area (Å²) in [7, 11) is 0. The molecule has 0 atom stereocenters. The predicted molar refractivity (Wildman–Crippen MR) is 287 cm³/mol. The van der Waals surface area contributed by atoms with Crippen molar-refractivity contribution in [2.45, 2.75) is 157 Å². The maximum Gasteiger partial charge on any atom is 0.133 e. The summed E-state index contributed by atoms with van der Waals surface area (Å²) in [5, 5.41) is 0. The van der Waals surface area contributed by atoms with Crippen LogP contribution in [-0.2, 0) is 32.5 Å². The van der Waals surface area contributed by atoms with Gasteiger partial charge in [-0.2, -0.15) is 0 Å². The topological polar surface area (TPSA) is 25.8 Å². The summed E-state index contributed by atoms with van der Waals surface area (Å²) in [4.78, 5) is 10.1. The molecule has 0 N–H and O–H groups in total. The third kappa shape index (κ3) is 10.2. The van der Waals surface area contributed by atoms with Crippen LogP contribution < -0.4 is 0 Å². The highest BCUT2D eigenvalue weighted by Gasteiger charge is 2.31. The Bertz CT molecular complexity index is 2810. The average molecular weight is 873 g/mol. The van der Waals surface area contributed by atoms with Gasteiger partial charge in [0, 0.05) is 23.4 Å². The molecular formula is C64H76N2. The highest BCUT2D eigenvalue weighted by molar-refractivity contribution is 6.03. The minimum atomic E-state index is -0.225. The quantitative estimate of drug-likeness (QED) is 0.166. The lowest BCUT2D eigenvalue weighted by atomic mass is 9.71. The molecule has 1 aromatic heterocycles. The van der Waals surface area contributed by atoms with E-state index in [0.29, 0.717) is 0 Å². The number of rotatable bonds is 6. The average Bonchev–Trinajstić information content (AvgIpc) is 3.24. The fraction of sp³-hybridized carbons (Fsp3) is 0.375. The Morgan fingerprint density at radius 1 is 0.258 bits per heavy atom. The summed E-state index contributed by atoms with van der Waals surface area (Å²) in [5.41, 5.74) is 20.5. The fourth-order valence-corrected chi connectivity index (χ4v) is 9.13. The number of hydrogen-bond donors (Lipinski definition) is 0. The lowest BCUT2D eigenvalue weighted by Crippen LogP contribution is -2.17. The SMILES string of the molecule is CC(C)(C)c1ccc(-c2ccc(-c3cc(-c4ccc(C(C)(C)C)cc4)c(C(C)(C)C)c(-c4ccc(C(C)(C)C)cc4)c3-c3ccc(C(C)(C)C)cc3)c(-c3cnc(C(C)(C)C)nc3)c2)cc1. The number of aromatic nitrogens is 2. The lowest BCUT2D eigenvalue weighted by molar-refractivity contribution is 0.545. The maximum atomic E-state index is 5.04. The van der Waals surface area contributed by atoms with E-state index in [9.17, 15) is 0 Å². The van der Waals surface area contributed by atoms with Gasteiger partial charge in [0.25, 0.3) is 0 Å². The van der Waals surface area contributed by atoms with Crippen LogP contribution in [0.4, 0.5) is 0 Å². The van der Waals surface area contributed by atoms with Crippen molar-refractivity contribution in [2.24, 2.45) is 0 Å². The molecule has 0 unspecified atom stereocenters. The maximum absolute atomic E-state index is 5.04. The summed E-state index contributed by atoms with van der Waals surface area (Å²) >= 11 is 0. The van der Waals surface area contributed by atoms with Gasteiger partial charge in [-0.3, -0.25) is 0 Å². The van der Waals surface area contributed by atoms with Gasteiger partial charge in [-0.1, -0.05) is 234 Å². The predicted octanol–water partition coefficient (Wildman–Crippen LogP) is 18.3. The van der Waals surface area contributed by atoms with Gasteiger partial charge in [-0.25, -0.2) is 9.97 Å². The number of nitrogens with zero attached hydrogens (tertiary/aromatic N) is 2. The molecule has 1 heterocycles. The Kier molecular flexibility index (Phi) is 12.6. The molecule has 2 heteroatoms. The molecule has 0 amide bonds. The molecule has 342 valence electrons. The van der Waals surface area contributed by atoms with Crippen LogP contribution in [0.1, 0.15) is 158 Å². The molecule has 0 spiro atoms. The van der Waals surface area contributed by atoms with Gasteiger partial charge in [0.1, 0.15) is 5.82 Å². The smallest absolute Gasteiger partial charge is 0.133 e. The summed E-state index contributed by atoms with van der Waals surface area (Å²) < 4.78 is 0. The summed E-state index contributed by atoms with van der Waals surface area (Å²) in [5.74, 6) is 0.831. The molecule has 0 radical (unpaired) electrons. The van der Waals surface area contributed by atoms with Crippen LogP contribution in [0.5, 0.6) is 0 Å². The Morgan fingerprint density at radius 3 is 1.00 bits per heavy atom. The van der Waals surface area contributed by atoms with Gasteiger partial charge in [0.15, 0.2) is 0 Å². The van der Waals surface area contributed by atoms with Crippen LogP contribution in [0.15, 0.2) is 134 Å². The van der Waals surface area contributed by atoms with Crippen LogP contribution in [0.2, 0.25) is 0 Å². The van der Waals surface area contributed by atoms with E-state index in [1.165, 1.54) is 72.3 Å². The minimum absolute atomic E-state index is 0.0138. The second-order valence-corrected chi connectivity index (χ2v) is 25.0. The second-order valence-electron chi connectivity index (χ2n) is 25.0. The normalized spacial score (nSPS) is 13.0. The molecule has 7 aromatic rings. The molecule has 7 rings (SSSR count). The molecule has 0 aliphatic heterocycles. The molecule has 0 fully saturated rings. The Hall–Kier alpha value is -5.60. The largest absolute Gasteiger partial charge is 0.240 e. The van der Waals surface area contributed by atoms with E-state index < -0.39 is 0 Å². The van der Waals surface area contributed by atoms with Crippen molar-refractivity contribution in [1.29, 1.82) is 0 Å². The monoisotopic (exact) mass is 873 g/mol. The molecule has 0 saturated heterocycles. The van der Waals surface area contributed by atoms with Crippen LogP contribution in [-0.4, -0.2) is 9.97 Å². The third-order valence-corrected chi connectivity index (χ3v) is 13.2. The number of benzene rings is 6. The Labute approximate surface area is 399 Å². The van der Waals surface area contributed by atoms with E-state index in [-0.39, 0.29) is 32.5 Å². The van der Waals surface area contributed by atoms with Crippen LogP contribution >= 0.6 is 0 Å². The van der Waals surface area contributed by atoms with E-state index in [1.54, 1.807) is 0 Å². The van der Waals surface area contributed by atoms with Crippen molar-refractivity contribution in [3.8, 4) is 66.8 Å². The minimum Gasteiger partial charge on any atom is -0.240 e. The van der Waals surface area contributed by atoms with Gasteiger partial charge in [-0.05, 0) is 128 Å². The van der Waals surface area contributed by atoms with Gasteiger partial charge in [0.05, 0.1) is 0 Å². The molecule has 0 aliphatic carbocycles. The third-order valence-electron chi connectivity index (χ3n) is 13.2. The Morgan fingerprint density at radius 2 is 0.621 bits per heavy atom. The highest BCUT2D eigenvalue weighted by Crippen LogP contribution is 2.52. The van der Waals surface area contributed by atoms with E-state index in [0.717, 1.165) is 28.1 Å². The summed E-state index contributed by atoms with van der Waals surface area (Å²) in [6.45, 7) is 41.2. The van der Waals surface area contributed by atoms with E-state index in [2.05, 4.69) is 246 Å². The van der Waals surface area contributed by atoms with Crippen LogP contribution in [0.3, 0.4) is 0 Å². The summed E-state index contributed by atoms with van der Waals surface area (Å²) in [6.07, 6.45) is 4.08. The number of hydrogen-bond acceptors (Lipinski definition) is 2. The van der Waals surface area contributed by atoms with Crippen molar-refractivity contribution < 1.29 is 0 Å². The first-order chi connectivity index (χ1) is 30.5. The zero-order valence-corrected chi connectivity index (χ0v) is 43.6. The summed E-state index contributed by atoms with van der Waals surface area (Å²) in [6, 6.07) is 46.9. The van der Waals surface area contributed by atoms with Crippen molar-refractivity contribution in [3.63, 3.8) is 0 Å². The molecule has 0 bridgehead atoms. The molecule has 6 aromatic carbocycles. The van der Waals surface area contributed by atoms with Crippen molar-refractivity contribution in [3.05, 3.63) is 167 Å². The zero-order chi connectivity index (χ0) is 48.4. The molecule has 0 saturated carbocycles. The van der Waals surface area contributed by atoms with Crippen LogP contribution in [0.25, 0.3) is 66.8 Å². The molecule has 0 aliphatic rings. The fourth-order valence-electron chi connectivity index (χ4n) is 9.13. The lowest BCUT2D eigenvalue weighted by Gasteiger charge is -2.32. The first-order valence-electron chi connectivity index (χ1n) is 24.1. The Balaban J connectivity index is 1.66. The zero-order valence-electron chi connectivity index (χ0n) is 43.6.